The van der Waals surface area contributed by atoms with Crippen LogP contribution in [0.3, 0.4) is 0 Å². The zero-order valence-corrected chi connectivity index (χ0v) is 34.2. The van der Waals surface area contributed by atoms with Gasteiger partial charge in [0.25, 0.3) is 0 Å². The van der Waals surface area contributed by atoms with Gasteiger partial charge in [-0.05, 0) is 123 Å². The van der Waals surface area contributed by atoms with E-state index in [0.717, 1.165) is 73.6 Å². The first-order chi connectivity index (χ1) is 28.5. The minimum atomic E-state index is 0.747. The Labute approximate surface area is 339 Å². The number of quaternary nitrogens is 2. The summed E-state index contributed by atoms with van der Waals surface area (Å²) in [6.07, 6.45) is 14.5. The van der Waals surface area contributed by atoms with E-state index in [9.17, 15) is 0 Å². The molecule has 0 atom stereocenters. The topological polar surface area (TPSA) is 120 Å². The van der Waals surface area contributed by atoms with Gasteiger partial charge in [-0.3, -0.25) is 9.80 Å². The summed E-state index contributed by atoms with van der Waals surface area (Å²) in [5, 5.41) is 10.1. The van der Waals surface area contributed by atoms with Crippen LogP contribution >= 0.6 is 0 Å². The zero-order chi connectivity index (χ0) is 39.3. The molecule has 0 spiro atoms. The van der Waals surface area contributed by atoms with Gasteiger partial charge in [0.2, 0.25) is 0 Å². The van der Waals surface area contributed by atoms with E-state index in [1.165, 1.54) is 117 Å². The fourth-order valence-corrected chi connectivity index (χ4v) is 10.4. The number of rotatable bonds is 11. The number of nitrogens with one attached hydrogen (secondary N) is 2. The molecule has 8 N–H and O–H groups in total. The maximum absolute atomic E-state index is 5.61. The van der Waals surface area contributed by atoms with Gasteiger partial charge in [0.15, 0.2) is 37.9 Å². The third-order valence-electron chi connectivity index (χ3n) is 13.8. The number of aromatic amines is 2. The van der Waals surface area contributed by atoms with Gasteiger partial charge >= 0.3 is 0 Å². The number of H-pyrrole nitrogens is 2. The molecule has 0 amide bonds. The second-order valence-corrected chi connectivity index (χ2v) is 16.9. The smallest absolute Gasteiger partial charge is 0.177 e. The van der Waals surface area contributed by atoms with Gasteiger partial charge < -0.3 is 30.9 Å². The van der Waals surface area contributed by atoms with Crippen molar-refractivity contribution in [3.63, 3.8) is 0 Å². The van der Waals surface area contributed by atoms with Crippen molar-refractivity contribution in [1.29, 1.82) is 0 Å². The van der Waals surface area contributed by atoms with Crippen molar-refractivity contribution in [2.75, 3.05) is 53.5 Å². The van der Waals surface area contributed by atoms with Crippen LogP contribution in [0.25, 0.3) is 65.2 Å². The number of hydrogen-bond donors (Lipinski definition) is 4. The highest BCUT2D eigenvalue weighted by Gasteiger charge is 2.30. The van der Waals surface area contributed by atoms with Crippen molar-refractivity contribution in [1.82, 2.24) is 19.8 Å². The maximum Gasteiger partial charge on any atom is 0.177 e. The van der Waals surface area contributed by atoms with E-state index in [-0.39, 0.29) is 0 Å². The monoisotopic (exact) mass is 778 g/mol. The summed E-state index contributed by atoms with van der Waals surface area (Å²) < 4.78 is 16.0. The Hall–Kier alpha value is -5.26. The van der Waals surface area contributed by atoms with E-state index in [4.69, 9.17) is 9.47 Å². The molecule has 10 rings (SSSR count). The number of likely N-dealkylation sites (tertiary alicyclic amines) is 2. The Morgan fingerprint density at radius 1 is 0.586 bits per heavy atom. The number of ether oxygens (including phenoxy) is 2. The first-order valence-electron chi connectivity index (χ1n) is 21.4. The predicted octanol–water partition coefficient (Wildman–Crippen LogP) is 5.46. The standard InChI is InChI=1S/C48H54N8O2/c1-57-37-3-5-43-39(25-37)45-41-29-55(17-11-33(41)23-35(27-49)47(45)51-43)21-19-53-13-7-31(8-14-53)32-9-15-54(16-10-32)20-22-56-18-12-34-24-36(28-50)48-46(42(34)30-56)40-26-38(58-2)4-6-44(40)52-48/h3-6,11-12,17-18,23-26,29-32H,7-10,13-16,19-22,27-28,49-50H2,1-2H3/p+4. The van der Waals surface area contributed by atoms with E-state index >= 15 is 0 Å². The van der Waals surface area contributed by atoms with Gasteiger partial charge in [-0.2, -0.15) is 0 Å². The maximum atomic E-state index is 5.61. The summed E-state index contributed by atoms with van der Waals surface area (Å²) in [5.41, 5.74) is 15.6. The normalized spacial score (nSPS) is 16.6. The number of aromatic nitrogens is 4. The lowest BCUT2D eigenvalue weighted by atomic mass is 9.79. The van der Waals surface area contributed by atoms with Gasteiger partial charge in [0.05, 0.1) is 49.1 Å². The molecule has 2 fully saturated rings. The van der Waals surface area contributed by atoms with Gasteiger partial charge in [-0.25, -0.2) is 9.13 Å². The van der Waals surface area contributed by atoms with Crippen molar-refractivity contribution in [2.45, 2.75) is 51.9 Å². The number of piperidine rings is 2. The van der Waals surface area contributed by atoms with E-state index in [1.807, 2.05) is 12.1 Å². The molecule has 10 heteroatoms. The van der Waals surface area contributed by atoms with Crippen LogP contribution in [0.15, 0.2) is 85.5 Å². The van der Waals surface area contributed by atoms with Crippen LogP contribution in [0.1, 0.15) is 36.8 Å². The van der Waals surface area contributed by atoms with Crippen LogP contribution in [0.4, 0.5) is 0 Å². The van der Waals surface area contributed by atoms with E-state index in [1.54, 1.807) is 14.2 Å². The van der Waals surface area contributed by atoms with Gasteiger partial charge in [0, 0.05) is 55.8 Å². The minimum Gasteiger partial charge on any atom is -0.497 e. The minimum absolute atomic E-state index is 0.747. The first-order valence-corrected chi connectivity index (χ1v) is 21.4. The number of fused-ring (bicyclic) bond motifs is 10. The molecule has 0 unspecified atom stereocenters. The highest BCUT2D eigenvalue weighted by molar-refractivity contribution is 6.22. The van der Waals surface area contributed by atoms with E-state index < -0.39 is 0 Å². The van der Waals surface area contributed by atoms with Gasteiger partial charge in [0.1, 0.15) is 24.6 Å². The molecule has 0 saturated carbocycles. The zero-order valence-electron chi connectivity index (χ0n) is 34.2. The Balaban J connectivity index is 0.746. The molecular formula is C48H58N8O2+4. The second-order valence-electron chi connectivity index (χ2n) is 16.9. The molecule has 2 aliphatic rings. The molecule has 0 bridgehead atoms. The molecule has 2 saturated heterocycles. The Morgan fingerprint density at radius 3 is 1.41 bits per heavy atom. The fourth-order valence-electron chi connectivity index (χ4n) is 10.4. The van der Waals surface area contributed by atoms with Crippen LogP contribution < -0.4 is 30.1 Å². The average molecular weight is 779 g/mol. The molecule has 0 aliphatic carbocycles. The van der Waals surface area contributed by atoms with Crippen LogP contribution in [0, 0.1) is 11.8 Å². The van der Waals surface area contributed by atoms with E-state index in [2.05, 4.69) is 114 Å². The number of pyridine rings is 2. The van der Waals surface area contributed by atoms with Crippen LogP contribution in [-0.2, 0) is 26.2 Å². The van der Waals surface area contributed by atoms with Crippen molar-refractivity contribution < 1.29 is 30.1 Å². The first kappa shape index (κ1) is 37.0. The van der Waals surface area contributed by atoms with Crippen molar-refractivity contribution in [3.8, 4) is 11.5 Å². The van der Waals surface area contributed by atoms with Crippen LogP contribution in [-0.4, -0.2) is 73.3 Å². The Bertz CT molecular complexity index is 2600. The van der Waals surface area contributed by atoms with Crippen LogP contribution in [0.2, 0.25) is 0 Å². The highest BCUT2D eigenvalue weighted by atomic mass is 16.5. The number of hydrogen-bond acceptors (Lipinski definition) is 4. The molecule has 6 heterocycles. The number of nitrogens with zero attached hydrogens (tertiary/aromatic N) is 4. The van der Waals surface area contributed by atoms with Crippen LogP contribution in [0.5, 0.6) is 11.5 Å². The molecule has 0 radical (unpaired) electrons. The van der Waals surface area contributed by atoms with E-state index in [0.29, 0.717) is 0 Å². The molecule has 4 aromatic carbocycles. The third-order valence-corrected chi connectivity index (χ3v) is 13.8. The average Bonchev–Trinajstić information content (AvgIpc) is 3.86. The molecule has 58 heavy (non-hydrogen) atoms. The molecule has 10 nitrogen and oxygen atoms in total. The summed E-state index contributed by atoms with van der Waals surface area (Å²) in [6, 6.07) is 21.8. The lowest BCUT2D eigenvalue weighted by molar-refractivity contribution is -0.695. The summed E-state index contributed by atoms with van der Waals surface area (Å²) in [7, 11) is 3.48. The SMILES string of the molecule is COc1ccc2[nH]c3c(C[NH3+])cc4cc[n+](CCN5CCC(C6CCN(CC[n+]7ccc8cc(C[NH3+])c9[nH]c%10ccc(OC)cc%10c9c8c7)CC6)CC5)cc4c3c2c1. The molecule has 2 aliphatic heterocycles. The Morgan fingerprint density at radius 2 is 1.02 bits per heavy atom. The van der Waals surface area contributed by atoms with Gasteiger partial charge in [-0.1, -0.05) is 0 Å². The number of methoxy groups -OCH3 is 2. The summed E-state index contributed by atoms with van der Waals surface area (Å²) in [5.74, 6) is 3.48. The summed E-state index contributed by atoms with van der Waals surface area (Å²) in [4.78, 5) is 12.8. The Kier molecular flexibility index (Phi) is 9.89. The second kappa shape index (κ2) is 15.5. The quantitative estimate of drug-likeness (QED) is 0.131. The van der Waals surface area contributed by atoms with Crippen molar-refractivity contribution in [2.24, 2.45) is 11.8 Å². The fraction of sp³-hybridized carbons (Fsp3) is 0.375. The molecule has 298 valence electrons. The lowest BCUT2D eigenvalue weighted by Gasteiger charge is -2.39. The summed E-state index contributed by atoms with van der Waals surface area (Å²) in [6.45, 7) is 10.5. The van der Waals surface area contributed by atoms with Gasteiger partial charge in [-0.15, -0.1) is 0 Å². The summed E-state index contributed by atoms with van der Waals surface area (Å²) >= 11 is 0. The number of benzene rings is 4. The molecule has 4 aromatic heterocycles. The molecule has 8 aromatic rings. The van der Waals surface area contributed by atoms with Crippen molar-refractivity contribution >= 4 is 65.2 Å². The largest absolute Gasteiger partial charge is 0.497 e. The lowest BCUT2D eigenvalue weighted by Crippen LogP contribution is -2.47. The predicted molar refractivity (Wildman–Crippen MR) is 232 cm³/mol. The third kappa shape index (κ3) is 6.71. The highest BCUT2D eigenvalue weighted by Crippen LogP contribution is 2.38. The van der Waals surface area contributed by atoms with Crippen molar-refractivity contribution in [3.05, 3.63) is 96.6 Å². The molecular weight excluding hydrogens is 721 g/mol.